The van der Waals surface area contributed by atoms with Crippen LogP contribution in [0.1, 0.15) is 17.8 Å². The van der Waals surface area contributed by atoms with Gasteiger partial charge in [0.15, 0.2) is 17.1 Å². The molecule has 4 aromatic rings. The van der Waals surface area contributed by atoms with Crippen molar-refractivity contribution in [2.45, 2.75) is 19.3 Å². The van der Waals surface area contributed by atoms with Gasteiger partial charge in [-0.25, -0.2) is 0 Å². The van der Waals surface area contributed by atoms with Crippen molar-refractivity contribution in [1.82, 2.24) is 4.57 Å². The van der Waals surface area contributed by atoms with Crippen LogP contribution in [-0.4, -0.2) is 25.8 Å². The zero-order valence-electron chi connectivity index (χ0n) is 18.8. The van der Waals surface area contributed by atoms with Gasteiger partial charge in [0.05, 0.1) is 13.5 Å². The van der Waals surface area contributed by atoms with E-state index in [0.29, 0.717) is 0 Å². The molecule has 5 rings (SSSR count). The minimum Gasteiger partial charge on any atom is -1.00 e. The molecule has 4 nitrogen and oxygen atoms in total. The number of nitrogens with zero attached hydrogens (tertiary/aromatic N) is 3. The van der Waals surface area contributed by atoms with Crippen LogP contribution in [-0.2, 0) is 12.8 Å². The molecule has 0 N–H and O–H groups in total. The van der Waals surface area contributed by atoms with Crippen LogP contribution in [0.25, 0.3) is 22.6 Å². The minimum atomic E-state index is 0. The number of rotatable bonds is 4. The van der Waals surface area contributed by atoms with Gasteiger partial charge in [-0.1, -0.05) is 30.3 Å². The van der Waals surface area contributed by atoms with E-state index in [1.807, 2.05) is 12.1 Å². The average Bonchev–Trinajstić information content (AvgIpc) is 3.07. The van der Waals surface area contributed by atoms with Gasteiger partial charge in [0, 0.05) is 25.3 Å². The van der Waals surface area contributed by atoms with Crippen molar-refractivity contribution in [3.05, 3.63) is 90.4 Å². The number of para-hydroxylation sites is 3. The van der Waals surface area contributed by atoms with Crippen LogP contribution >= 0.6 is 0 Å². The fourth-order valence-corrected chi connectivity index (χ4v) is 4.55. The second-order valence-corrected chi connectivity index (χ2v) is 8.23. The maximum atomic E-state index is 5.71. The lowest BCUT2D eigenvalue weighted by Gasteiger charge is -2.12. The highest BCUT2D eigenvalue weighted by Gasteiger charge is 2.31. The Bertz CT molecular complexity index is 1230. The van der Waals surface area contributed by atoms with Gasteiger partial charge >= 0.3 is 0 Å². The first-order valence-corrected chi connectivity index (χ1v) is 10.8. The Morgan fingerprint density at radius 2 is 1.59 bits per heavy atom. The second kappa shape index (κ2) is 9.21. The van der Waals surface area contributed by atoms with Gasteiger partial charge in [-0.2, -0.15) is 9.13 Å². The lowest BCUT2D eigenvalue weighted by atomic mass is 10.1. The maximum absolute atomic E-state index is 5.71. The first-order chi connectivity index (χ1) is 15.2. The SMILES string of the molecule is COc1ccccc1-[n+]1cc(-c2ccc(N(C)C)cc2)n2c1CCCc1ccccc1-2.[Br-]. The van der Waals surface area contributed by atoms with E-state index in [2.05, 4.69) is 95.0 Å². The fourth-order valence-electron chi connectivity index (χ4n) is 4.55. The van der Waals surface area contributed by atoms with E-state index in [9.17, 15) is 0 Å². The van der Waals surface area contributed by atoms with Crippen molar-refractivity contribution in [1.29, 1.82) is 0 Å². The number of aromatic nitrogens is 2. The van der Waals surface area contributed by atoms with Gasteiger partial charge < -0.3 is 26.6 Å². The highest BCUT2D eigenvalue weighted by atomic mass is 79.9. The zero-order valence-corrected chi connectivity index (χ0v) is 20.3. The molecule has 1 aliphatic rings. The van der Waals surface area contributed by atoms with Crippen molar-refractivity contribution < 1.29 is 26.3 Å². The molecule has 0 fully saturated rings. The molecular weight excluding hydrogens is 462 g/mol. The largest absolute Gasteiger partial charge is 1.00 e. The van der Waals surface area contributed by atoms with Crippen LogP contribution in [0.3, 0.4) is 0 Å². The van der Waals surface area contributed by atoms with Crippen LogP contribution < -0.4 is 31.2 Å². The van der Waals surface area contributed by atoms with E-state index in [-0.39, 0.29) is 17.0 Å². The molecule has 0 saturated heterocycles. The van der Waals surface area contributed by atoms with E-state index in [1.165, 1.54) is 34.0 Å². The van der Waals surface area contributed by atoms with Crippen LogP contribution in [0.5, 0.6) is 5.75 Å². The molecule has 0 saturated carbocycles. The summed E-state index contributed by atoms with van der Waals surface area (Å²) in [5.41, 5.74) is 7.34. The number of ether oxygens (including phenoxy) is 1. The van der Waals surface area contributed by atoms with Gasteiger partial charge in [-0.3, -0.25) is 0 Å². The van der Waals surface area contributed by atoms with Crippen LogP contribution in [0.15, 0.2) is 79.0 Å². The molecule has 0 spiro atoms. The normalized spacial score (nSPS) is 12.2. The summed E-state index contributed by atoms with van der Waals surface area (Å²) in [6, 6.07) is 25.9. The molecule has 0 unspecified atom stereocenters. The predicted octanol–water partition coefficient (Wildman–Crippen LogP) is 1.99. The van der Waals surface area contributed by atoms with Gasteiger partial charge in [-0.05, 0) is 60.9 Å². The third-order valence-corrected chi connectivity index (χ3v) is 6.13. The first-order valence-electron chi connectivity index (χ1n) is 10.8. The lowest BCUT2D eigenvalue weighted by molar-refractivity contribution is -0.603. The molecule has 5 heteroatoms. The summed E-state index contributed by atoms with van der Waals surface area (Å²) in [7, 11) is 5.89. The molecular formula is C27H28BrN3O. The van der Waals surface area contributed by atoms with Crippen molar-refractivity contribution in [2.24, 2.45) is 0 Å². The van der Waals surface area contributed by atoms with Crippen LogP contribution in [0.2, 0.25) is 0 Å². The molecule has 32 heavy (non-hydrogen) atoms. The number of imidazole rings is 1. The number of anilines is 1. The van der Waals surface area contributed by atoms with Crippen LogP contribution in [0.4, 0.5) is 5.69 Å². The van der Waals surface area contributed by atoms with Gasteiger partial charge in [-0.15, -0.1) is 0 Å². The predicted molar refractivity (Wildman–Crippen MR) is 126 cm³/mol. The van der Waals surface area contributed by atoms with Crippen molar-refractivity contribution in [2.75, 3.05) is 26.1 Å². The minimum absolute atomic E-state index is 0. The molecule has 1 aromatic heterocycles. The Hall–Kier alpha value is -3.05. The van der Waals surface area contributed by atoms with Gasteiger partial charge in [0.25, 0.3) is 5.82 Å². The van der Waals surface area contributed by atoms with Crippen molar-refractivity contribution in [3.63, 3.8) is 0 Å². The number of aryl methyl sites for hydroxylation is 1. The first kappa shape index (κ1) is 22.2. The van der Waals surface area contributed by atoms with E-state index < -0.39 is 0 Å². The summed E-state index contributed by atoms with van der Waals surface area (Å²) in [6.07, 6.45) is 5.47. The number of methoxy groups -OCH3 is 1. The van der Waals surface area contributed by atoms with Crippen molar-refractivity contribution >= 4 is 5.69 Å². The molecule has 0 bridgehead atoms. The summed E-state index contributed by atoms with van der Waals surface area (Å²) >= 11 is 0. The Balaban J connectivity index is 0.00000245. The Kier molecular flexibility index (Phi) is 6.38. The van der Waals surface area contributed by atoms with E-state index in [1.54, 1.807) is 7.11 Å². The molecule has 2 heterocycles. The van der Waals surface area contributed by atoms with E-state index in [4.69, 9.17) is 4.74 Å². The molecule has 1 aliphatic heterocycles. The summed E-state index contributed by atoms with van der Waals surface area (Å²) in [5, 5.41) is 0. The average molecular weight is 490 g/mol. The fraction of sp³-hybridized carbons (Fsp3) is 0.222. The number of benzene rings is 3. The van der Waals surface area contributed by atoms with Crippen LogP contribution in [0, 0.1) is 0 Å². The quantitative estimate of drug-likeness (QED) is 0.409. The molecule has 0 radical (unpaired) electrons. The summed E-state index contributed by atoms with van der Waals surface area (Å²) in [5.74, 6) is 2.16. The number of fused-ring (bicyclic) bond motifs is 3. The van der Waals surface area contributed by atoms with Gasteiger partial charge in [0.1, 0.15) is 11.9 Å². The molecule has 164 valence electrons. The molecule has 0 aliphatic carbocycles. The standard InChI is InChI=1S/C27H28N3O.BrH/c1-28(2)22-17-15-21(16-18-22)25-19-29(24-12-6-7-13-26(24)31-3)27-14-8-10-20-9-4-5-11-23(20)30(25)27;/h4-7,9,11-13,15-19H,8,10,14H2,1-3H3;1H/q+1;/p-1. The summed E-state index contributed by atoms with van der Waals surface area (Å²) in [6.45, 7) is 0. The third kappa shape index (κ3) is 3.82. The van der Waals surface area contributed by atoms with E-state index >= 15 is 0 Å². The Morgan fingerprint density at radius 3 is 2.34 bits per heavy atom. The topological polar surface area (TPSA) is 21.3 Å². The third-order valence-electron chi connectivity index (χ3n) is 6.13. The number of hydrogen-bond donors (Lipinski definition) is 0. The molecule has 3 aromatic carbocycles. The number of hydrogen-bond acceptors (Lipinski definition) is 2. The maximum Gasteiger partial charge on any atom is 0.267 e. The Labute approximate surface area is 200 Å². The smallest absolute Gasteiger partial charge is 0.267 e. The second-order valence-electron chi connectivity index (χ2n) is 8.23. The highest BCUT2D eigenvalue weighted by molar-refractivity contribution is 5.66. The lowest BCUT2D eigenvalue weighted by Crippen LogP contribution is -3.00. The molecule has 0 atom stereocenters. The summed E-state index contributed by atoms with van der Waals surface area (Å²) in [4.78, 5) is 2.13. The van der Waals surface area contributed by atoms with Gasteiger partial charge in [0.2, 0.25) is 0 Å². The Morgan fingerprint density at radius 1 is 0.875 bits per heavy atom. The summed E-state index contributed by atoms with van der Waals surface area (Å²) < 4.78 is 10.5. The monoisotopic (exact) mass is 489 g/mol. The molecule has 0 amide bonds. The van der Waals surface area contributed by atoms with Crippen molar-refractivity contribution in [3.8, 4) is 28.4 Å². The highest BCUT2D eigenvalue weighted by Crippen LogP contribution is 2.32. The van der Waals surface area contributed by atoms with E-state index in [0.717, 1.165) is 30.7 Å². The number of halogens is 1. The zero-order chi connectivity index (χ0) is 21.4.